The number of pyridine rings is 1. The Labute approximate surface area is 164 Å². The molecule has 1 amide bonds. The fourth-order valence-corrected chi connectivity index (χ4v) is 3.61. The van der Waals surface area contributed by atoms with Crippen molar-refractivity contribution >= 4 is 33.1 Å². The molecule has 0 aliphatic heterocycles. The maximum absolute atomic E-state index is 13.0. The first kappa shape index (κ1) is 18.0. The van der Waals surface area contributed by atoms with Crippen LogP contribution in [0.3, 0.4) is 0 Å². The molecule has 7 nitrogen and oxygen atoms in total. The van der Waals surface area contributed by atoms with Crippen LogP contribution in [0.1, 0.15) is 15.4 Å². The Kier molecular flexibility index (Phi) is 4.96. The number of aromatic nitrogens is 3. The maximum Gasteiger partial charge on any atom is 0.262 e. The minimum Gasteiger partial charge on any atom is -0.377 e. The van der Waals surface area contributed by atoms with Crippen molar-refractivity contribution in [1.82, 2.24) is 14.8 Å². The highest BCUT2D eigenvalue weighted by molar-refractivity contribution is 7.15. The van der Waals surface area contributed by atoms with Gasteiger partial charge in [0.2, 0.25) is 5.13 Å². The highest BCUT2D eigenvalue weighted by Gasteiger charge is 2.17. The van der Waals surface area contributed by atoms with Gasteiger partial charge < -0.3 is 4.74 Å². The van der Waals surface area contributed by atoms with Crippen molar-refractivity contribution in [3.63, 3.8) is 0 Å². The molecule has 1 N–H and O–H groups in total. The summed E-state index contributed by atoms with van der Waals surface area (Å²) in [6.45, 7) is 0.329. The summed E-state index contributed by atoms with van der Waals surface area (Å²) in [4.78, 5) is 25.9. The lowest BCUT2D eigenvalue weighted by Gasteiger charge is -2.12. The zero-order chi connectivity index (χ0) is 19.5. The number of ether oxygens (including phenoxy) is 1. The van der Waals surface area contributed by atoms with Gasteiger partial charge in [-0.25, -0.2) is 0 Å². The molecule has 2 aromatic heterocycles. The van der Waals surface area contributed by atoms with Gasteiger partial charge in [0, 0.05) is 29.8 Å². The number of fused-ring (bicyclic) bond motifs is 1. The number of nitrogens with one attached hydrogen (secondary N) is 1. The van der Waals surface area contributed by atoms with Crippen molar-refractivity contribution in [3.05, 3.63) is 81.7 Å². The minimum atomic E-state index is -0.360. The molecule has 2 aromatic carbocycles. The van der Waals surface area contributed by atoms with Crippen molar-refractivity contribution in [2.75, 3.05) is 12.4 Å². The van der Waals surface area contributed by atoms with Crippen molar-refractivity contribution in [1.29, 1.82) is 0 Å². The second kappa shape index (κ2) is 7.71. The smallest absolute Gasteiger partial charge is 0.262 e. The van der Waals surface area contributed by atoms with Crippen LogP contribution in [0, 0.1) is 0 Å². The third-order valence-corrected chi connectivity index (χ3v) is 4.97. The minimum absolute atomic E-state index is 0.184. The number of amides is 1. The molecule has 8 heteroatoms. The third kappa shape index (κ3) is 3.42. The number of hydrogen-bond acceptors (Lipinski definition) is 6. The number of benzene rings is 2. The number of carbonyl (C=O) groups excluding carboxylic acids is 1. The Morgan fingerprint density at radius 2 is 1.79 bits per heavy atom. The van der Waals surface area contributed by atoms with Crippen molar-refractivity contribution in [2.24, 2.45) is 0 Å². The summed E-state index contributed by atoms with van der Waals surface area (Å²) in [6, 6.07) is 16.3. The highest BCUT2D eigenvalue weighted by atomic mass is 32.1. The van der Waals surface area contributed by atoms with Gasteiger partial charge >= 0.3 is 0 Å². The van der Waals surface area contributed by atoms with Crippen LogP contribution < -0.4 is 10.9 Å². The number of hydrogen-bond donors (Lipinski definition) is 1. The summed E-state index contributed by atoms with van der Waals surface area (Å²) < 4.78 is 6.50. The van der Waals surface area contributed by atoms with E-state index in [0.717, 1.165) is 0 Å². The van der Waals surface area contributed by atoms with Crippen molar-refractivity contribution < 1.29 is 9.53 Å². The van der Waals surface area contributed by atoms with Crippen LogP contribution >= 0.6 is 11.3 Å². The topological polar surface area (TPSA) is 86.1 Å². The number of rotatable bonds is 5. The summed E-state index contributed by atoms with van der Waals surface area (Å²) in [5.41, 5.74) is 0.879. The quantitative estimate of drug-likeness (QED) is 0.563. The molecule has 0 aliphatic rings. The van der Waals surface area contributed by atoms with E-state index in [0.29, 0.717) is 38.8 Å². The van der Waals surface area contributed by atoms with Crippen LogP contribution in [0.15, 0.2) is 65.6 Å². The van der Waals surface area contributed by atoms with Gasteiger partial charge in [-0.3, -0.25) is 19.5 Å². The lowest BCUT2D eigenvalue weighted by atomic mass is 10.1. The fraction of sp³-hybridized carbons (Fsp3) is 0.100. The molecular formula is C20H16N4O3S. The van der Waals surface area contributed by atoms with Crippen LogP contribution in [-0.4, -0.2) is 27.8 Å². The number of anilines is 1. The van der Waals surface area contributed by atoms with Crippen LogP contribution in [0.25, 0.3) is 16.5 Å². The van der Waals surface area contributed by atoms with E-state index in [1.807, 2.05) is 30.3 Å². The van der Waals surface area contributed by atoms with Gasteiger partial charge in [0.25, 0.3) is 11.5 Å². The Balaban J connectivity index is 1.80. The Morgan fingerprint density at radius 1 is 1.07 bits per heavy atom. The van der Waals surface area contributed by atoms with Gasteiger partial charge in [0.15, 0.2) is 0 Å². The zero-order valence-corrected chi connectivity index (χ0v) is 15.8. The third-order valence-electron chi connectivity index (χ3n) is 4.16. The first-order valence-corrected chi connectivity index (χ1v) is 9.31. The van der Waals surface area contributed by atoms with Crippen LogP contribution in [0.4, 0.5) is 5.13 Å². The van der Waals surface area contributed by atoms with Crippen molar-refractivity contribution in [3.8, 4) is 5.69 Å². The summed E-state index contributed by atoms with van der Waals surface area (Å²) in [7, 11) is 1.57. The van der Waals surface area contributed by atoms with Gasteiger partial charge in [0.05, 0.1) is 5.56 Å². The molecule has 0 fully saturated rings. The zero-order valence-electron chi connectivity index (χ0n) is 15.0. The molecule has 0 bridgehead atoms. The van der Waals surface area contributed by atoms with Gasteiger partial charge in [-0.1, -0.05) is 47.7 Å². The average Bonchev–Trinajstić information content (AvgIpc) is 3.16. The molecule has 0 unspecified atom stereocenters. The van der Waals surface area contributed by atoms with Crippen LogP contribution in [0.2, 0.25) is 0 Å². The molecule has 0 aliphatic carbocycles. The molecule has 4 rings (SSSR count). The lowest BCUT2D eigenvalue weighted by Crippen LogP contribution is -2.22. The molecule has 0 atom stereocenters. The predicted molar refractivity (Wildman–Crippen MR) is 108 cm³/mol. The lowest BCUT2D eigenvalue weighted by molar-refractivity contribution is 0.102. The molecule has 0 saturated heterocycles. The summed E-state index contributed by atoms with van der Waals surface area (Å²) in [5.74, 6) is -0.360. The van der Waals surface area contributed by atoms with E-state index in [-0.39, 0.29) is 11.5 Å². The molecular weight excluding hydrogens is 376 g/mol. The van der Waals surface area contributed by atoms with Gasteiger partial charge in [0.1, 0.15) is 11.6 Å². The molecule has 140 valence electrons. The SMILES string of the molecule is COCc1nnc(NC(=O)c2cn(-c3ccccc3)c(=O)c3ccccc23)s1. The monoisotopic (exact) mass is 392 g/mol. The number of carbonyl (C=O) groups is 1. The Morgan fingerprint density at radius 3 is 2.54 bits per heavy atom. The second-order valence-electron chi connectivity index (χ2n) is 5.99. The number of nitrogens with zero attached hydrogens (tertiary/aromatic N) is 3. The van der Waals surface area contributed by atoms with E-state index in [4.69, 9.17) is 4.74 Å². The first-order chi connectivity index (χ1) is 13.7. The summed E-state index contributed by atoms with van der Waals surface area (Å²) in [5, 5.41) is 12.8. The second-order valence-corrected chi connectivity index (χ2v) is 7.05. The average molecular weight is 392 g/mol. The molecule has 0 spiro atoms. The van der Waals surface area contributed by atoms with E-state index in [9.17, 15) is 9.59 Å². The molecule has 4 aromatic rings. The fourth-order valence-electron chi connectivity index (χ4n) is 2.90. The largest absolute Gasteiger partial charge is 0.377 e. The van der Waals surface area contributed by atoms with Crippen LogP contribution in [-0.2, 0) is 11.3 Å². The van der Waals surface area contributed by atoms with Gasteiger partial charge in [-0.2, -0.15) is 0 Å². The van der Waals surface area contributed by atoms with E-state index in [1.165, 1.54) is 15.9 Å². The number of para-hydroxylation sites is 1. The predicted octanol–water partition coefficient (Wildman–Crippen LogP) is 3.24. The van der Waals surface area contributed by atoms with Crippen molar-refractivity contribution in [2.45, 2.75) is 6.61 Å². The summed E-state index contributed by atoms with van der Waals surface area (Å²) in [6.07, 6.45) is 1.56. The molecule has 0 saturated carbocycles. The van der Waals surface area contributed by atoms with E-state index in [1.54, 1.807) is 37.6 Å². The summed E-state index contributed by atoms with van der Waals surface area (Å²) >= 11 is 1.24. The Hall–Kier alpha value is -3.36. The maximum atomic E-state index is 13.0. The Bertz CT molecular complexity index is 1200. The molecule has 28 heavy (non-hydrogen) atoms. The normalized spacial score (nSPS) is 10.9. The van der Waals surface area contributed by atoms with Gasteiger partial charge in [-0.15, -0.1) is 10.2 Å². The van der Waals surface area contributed by atoms with Crippen LogP contribution in [0.5, 0.6) is 0 Å². The first-order valence-electron chi connectivity index (χ1n) is 8.50. The molecule has 2 heterocycles. The van der Waals surface area contributed by atoms with E-state index >= 15 is 0 Å². The van der Waals surface area contributed by atoms with E-state index < -0.39 is 0 Å². The molecule has 0 radical (unpaired) electrons. The van der Waals surface area contributed by atoms with Gasteiger partial charge in [-0.05, 0) is 18.2 Å². The standard InChI is InChI=1S/C20H16N4O3S/c1-27-12-17-22-23-20(28-17)21-18(25)16-11-24(13-7-3-2-4-8-13)19(26)15-10-6-5-9-14(15)16/h2-11H,12H2,1H3,(H,21,23,25). The number of methoxy groups -OCH3 is 1. The highest BCUT2D eigenvalue weighted by Crippen LogP contribution is 2.21. The van der Waals surface area contributed by atoms with E-state index in [2.05, 4.69) is 15.5 Å².